The minimum absolute atomic E-state index is 0.166. The van der Waals surface area contributed by atoms with Crippen LogP contribution in [0.1, 0.15) is 33.3 Å². The summed E-state index contributed by atoms with van der Waals surface area (Å²) in [6.45, 7) is 7.04. The van der Waals surface area contributed by atoms with E-state index in [4.69, 9.17) is 14.2 Å². The van der Waals surface area contributed by atoms with E-state index in [2.05, 4.69) is 9.69 Å². The van der Waals surface area contributed by atoms with Crippen molar-refractivity contribution in [2.75, 3.05) is 6.54 Å². The fourth-order valence-corrected chi connectivity index (χ4v) is 3.83. The van der Waals surface area contributed by atoms with Gasteiger partial charge in [0.25, 0.3) is 0 Å². The largest absolute Gasteiger partial charge is 0.509 e. The van der Waals surface area contributed by atoms with Gasteiger partial charge in [0.05, 0.1) is 10.9 Å². The predicted molar refractivity (Wildman–Crippen MR) is 110 cm³/mol. The van der Waals surface area contributed by atoms with Crippen LogP contribution in [0.25, 0.3) is 10.4 Å². The van der Waals surface area contributed by atoms with E-state index in [0.717, 1.165) is 16.0 Å². The summed E-state index contributed by atoms with van der Waals surface area (Å²) < 4.78 is 20.3. The van der Waals surface area contributed by atoms with Crippen molar-refractivity contribution in [2.45, 2.75) is 58.0 Å². The van der Waals surface area contributed by atoms with Crippen molar-refractivity contribution in [1.82, 2.24) is 9.69 Å². The van der Waals surface area contributed by atoms with Crippen LogP contribution in [0.5, 0.6) is 0 Å². The summed E-state index contributed by atoms with van der Waals surface area (Å²) in [7, 11) is 0. The third-order valence-corrected chi connectivity index (χ3v) is 5.21. The van der Waals surface area contributed by atoms with Crippen LogP contribution >= 0.6 is 11.5 Å². The van der Waals surface area contributed by atoms with Gasteiger partial charge in [-0.3, -0.25) is 4.79 Å². The molecule has 1 saturated heterocycles. The summed E-state index contributed by atoms with van der Waals surface area (Å²) in [5.41, 5.74) is 1.54. The Morgan fingerprint density at radius 3 is 2.48 bits per heavy atom. The maximum absolute atomic E-state index is 12.0. The number of nitrogens with zero attached hydrogens (tertiary/aromatic N) is 1. The molecular formula is C21H26N2O5S. The lowest BCUT2D eigenvalue weighted by Gasteiger charge is -2.25. The van der Waals surface area contributed by atoms with E-state index in [1.807, 2.05) is 30.3 Å². The number of carbonyl (C=O) groups is 2. The Morgan fingerprint density at radius 1 is 1.17 bits per heavy atom. The first-order valence-electron chi connectivity index (χ1n) is 9.51. The monoisotopic (exact) mass is 418 g/mol. The van der Waals surface area contributed by atoms with E-state index < -0.39 is 29.9 Å². The highest BCUT2D eigenvalue weighted by Gasteiger charge is 2.41. The van der Waals surface area contributed by atoms with Crippen LogP contribution in [0.4, 0.5) is 4.79 Å². The molecule has 0 bridgehead atoms. The van der Waals surface area contributed by atoms with E-state index in [1.165, 1.54) is 18.5 Å². The van der Waals surface area contributed by atoms with E-state index in [-0.39, 0.29) is 6.04 Å². The third kappa shape index (κ3) is 6.01. The lowest BCUT2D eigenvalue weighted by Crippen LogP contribution is -2.40. The van der Waals surface area contributed by atoms with Crippen LogP contribution < -0.4 is 5.32 Å². The van der Waals surface area contributed by atoms with Crippen LogP contribution in [0.2, 0.25) is 0 Å². The molecule has 1 aliphatic rings. The number of hydrogen-bond acceptors (Lipinski definition) is 8. The highest BCUT2D eigenvalue weighted by molar-refractivity contribution is 7.09. The van der Waals surface area contributed by atoms with Gasteiger partial charge in [-0.15, -0.1) is 0 Å². The first-order chi connectivity index (χ1) is 13.7. The summed E-state index contributed by atoms with van der Waals surface area (Å²) in [5.74, 6) is -0.415. The first-order valence-corrected chi connectivity index (χ1v) is 10.3. The van der Waals surface area contributed by atoms with Gasteiger partial charge in [0.1, 0.15) is 5.60 Å². The smallest absolute Gasteiger partial charge is 0.457 e. The molecule has 0 aliphatic carbocycles. The Morgan fingerprint density at radius 2 is 1.90 bits per heavy atom. The van der Waals surface area contributed by atoms with Gasteiger partial charge in [-0.2, -0.15) is 0 Å². The Bertz CT molecular complexity index is 830. The van der Waals surface area contributed by atoms with Crippen LogP contribution in [-0.4, -0.2) is 46.9 Å². The quantitative estimate of drug-likeness (QED) is 0.743. The number of hydrogen-bond donors (Lipinski definition) is 1. The summed E-state index contributed by atoms with van der Waals surface area (Å²) >= 11 is 1.45. The molecule has 3 atom stereocenters. The average Bonchev–Trinajstić information content (AvgIpc) is 3.26. The molecule has 2 heterocycles. The highest BCUT2D eigenvalue weighted by Crippen LogP contribution is 2.25. The molecule has 1 aromatic heterocycles. The van der Waals surface area contributed by atoms with E-state index in [0.29, 0.717) is 13.0 Å². The summed E-state index contributed by atoms with van der Waals surface area (Å²) in [5, 5.41) is 3.30. The fourth-order valence-electron chi connectivity index (χ4n) is 3.23. The van der Waals surface area contributed by atoms with Gasteiger partial charge in [0, 0.05) is 19.7 Å². The van der Waals surface area contributed by atoms with Gasteiger partial charge in [-0.1, -0.05) is 24.3 Å². The molecule has 0 radical (unpaired) electrons. The van der Waals surface area contributed by atoms with Gasteiger partial charge in [0.2, 0.25) is 0 Å². The lowest BCUT2D eigenvalue weighted by molar-refractivity contribution is -0.152. The SMILES string of the molecule is CC(=O)O[C@@H]1[C@@H](OC(=O)OC(C)(C)C)CN[C@@H]1Cc1ccc(-c2ccns2)cc1. The zero-order valence-electron chi connectivity index (χ0n) is 17.0. The molecule has 3 rings (SSSR count). The molecule has 1 aliphatic heterocycles. The zero-order valence-corrected chi connectivity index (χ0v) is 17.8. The molecule has 0 saturated carbocycles. The average molecular weight is 419 g/mol. The molecule has 7 nitrogen and oxygen atoms in total. The van der Waals surface area contributed by atoms with Crippen molar-refractivity contribution in [2.24, 2.45) is 0 Å². The van der Waals surface area contributed by atoms with Crippen molar-refractivity contribution < 1.29 is 23.8 Å². The second-order valence-electron chi connectivity index (χ2n) is 7.99. The van der Waals surface area contributed by atoms with Crippen LogP contribution in [0, 0.1) is 0 Å². The summed E-state index contributed by atoms with van der Waals surface area (Å²) in [4.78, 5) is 24.8. The minimum Gasteiger partial charge on any atom is -0.457 e. The third-order valence-electron chi connectivity index (χ3n) is 4.42. The number of benzene rings is 1. The maximum atomic E-state index is 12.0. The predicted octanol–water partition coefficient (Wildman–Crippen LogP) is 3.58. The van der Waals surface area contributed by atoms with Crippen molar-refractivity contribution in [3.8, 4) is 10.4 Å². The zero-order chi connectivity index (χ0) is 21.0. The van der Waals surface area contributed by atoms with Crippen molar-refractivity contribution in [3.05, 3.63) is 42.1 Å². The minimum atomic E-state index is -0.768. The van der Waals surface area contributed by atoms with Gasteiger partial charge < -0.3 is 19.5 Å². The molecule has 156 valence electrons. The van der Waals surface area contributed by atoms with Crippen molar-refractivity contribution in [1.29, 1.82) is 0 Å². The van der Waals surface area contributed by atoms with Crippen molar-refractivity contribution in [3.63, 3.8) is 0 Å². The second kappa shape index (κ2) is 8.92. The number of nitrogens with one attached hydrogen (secondary N) is 1. The number of rotatable bonds is 5. The maximum Gasteiger partial charge on any atom is 0.509 e. The molecule has 1 aromatic carbocycles. The highest BCUT2D eigenvalue weighted by atomic mass is 32.1. The van der Waals surface area contributed by atoms with Crippen LogP contribution in [-0.2, 0) is 25.4 Å². The molecular weight excluding hydrogens is 392 g/mol. The molecule has 0 unspecified atom stereocenters. The van der Waals surface area contributed by atoms with Gasteiger partial charge in [-0.25, -0.2) is 9.17 Å². The Labute approximate surface area is 174 Å². The normalized spacial score (nSPS) is 21.6. The molecule has 2 aromatic rings. The molecule has 29 heavy (non-hydrogen) atoms. The first kappa shape index (κ1) is 21.3. The van der Waals surface area contributed by atoms with E-state index in [9.17, 15) is 9.59 Å². The summed E-state index contributed by atoms with van der Waals surface area (Å²) in [6.07, 6.45) is 0.465. The standard InChI is InChI=1S/C21H26N2O5S/c1-13(24)26-19-16(22-12-17(19)27-20(25)28-21(2,3)4)11-14-5-7-15(8-6-14)18-9-10-23-29-18/h5-10,16-17,19,22H,11-12H2,1-4H3/t16-,17+,19+/m1/s1. The fraction of sp³-hybridized carbons (Fsp3) is 0.476. The number of esters is 1. The molecule has 0 amide bonds. The van der Waals surface area contributed by atoms with Crippen molar-refractivity contribution >= 4 is 23.7 Å². The lowest BCUT2D eigenvalue weighted by atomic mass is 10.00. The Balaban J connectivity index is 1.66. The topological polar surface area (TPSA) is 86.8 Å². The van der Waals surface area contributed by atoms with Crippen LogP contribution in [0.15, 0.2) is 36.5 Å². The van der Waals surface area contributed by atoms with Gasteiger partial charge in [-0.05, 0) is 55.9 Å². The molecule has 1 fully saturated rings. The number of ether oxygens (including phenoxy) is 3. The van der Waals surface area contributed by atoms with Gasteiger partial charge >= 0.3 is 12.1 Å². The summed E-state index contributed by atoms with van der Waals surface area (Å²) in [6, 6.07) is 10.0. The van der Waals surface area contributed by atoms with E-state index in [1.54, 1.807) is 27.0 Å². The second-order valence-corrected chi connectivity index (χ2v) is 8.82. The van der Waals surface area contributed by atoms with E-state index >= 15 is 0 Å². The molecule has 0 spiro atoms. The number of aromatic nitrogens is 1. The molecule has 8 heteroatoms. The van der Waals surface area contributed by atoms with Gasteiger partial charge in [0.15, 0.2) is 12.2 Å². The molecule has 1 N–H and O–H groups in total. The Hall–Kier alpha value is -2.45. The number of carbonyl (C=O) groups excluding carboxylic acids is 2. The Kier molecular flexibility index (Phi) is 6.54. The van der Waals surface area contributed by atoms with Crippen LogP contribution in [0.3, 0.4) is 0 Å².